The molecule has 1 aliphatic heterocycles. The Kier molecular flexibility index (Phi) is 3.73. The van der Waals surface area contributed by atoms with Gasteiger partial charge in [0.15, 0.2) is 6.10 Å². The Labute approximate surface area is 132 Å². The summed E-state index contributed by atoms with van der Waals surface area (Å²) in [6.07, 6.45) is -0.834. The van der Waals surface area contributed by atoms with Crippen molar-refractivity contribution in [3.8, 4) is 5.75 Å². The Morgan fingerprint density at radius 3 is 2.32 bits per heavy atom. The lowest BCUT2D eigenvalue weighted by atomic mass is 9.83. The Bertz CT molecular complexity index is 718. The van der Waals surface area contributed by atoms with Crippen LogP contribution in [-0.2, 0) is 0 Å². The quantitative estimate of drug-likeness (QED) is 0.838. The number of benzene rings is 2. The van der Waals surface area contributed by atoms with Gasteiger partial charge in [0.2, 0.25) is 0 Å². The molecule has 0 aliphatic carbocycles. The van der Waals surface area contributed by atoms with Gasteiger partial charge in [0, 0.05) is 11.5 Å². The standard InChI is InChI=1S/C20H24O2/c1-11-8-14(4)18-15(5)19(21)20(22-17(18)9-11)16-7-6-12(2)13(3)10-16/h6-10,15,19-21H,1-5H3/t15?,19-,20-/m1/s1. The molecule has 0 aromatic heterocycles. The van der Waals surface area contributed by atoms with Crippen LogP contribution < -0.4 is 4.74 Å². The van der Waals surface area contributed by atoms with Crippen molar-refractivity contribution in [3.05, 3.63) is 63.7 Å². The predicted octanol–water partition coefficient (Wildman–Crippen LogP) is 4.52. The van der Waals surface area contributed by atoms with Gasteiger partial charge in [-0.05, 0) is 61.6 Å². The maximum atomic E-state index is 10.8. The molecule has 1 heterocycles. The first-order valence-electron chi connectivity index (χ1n) is 7.91. The van der Waals surface area contributed by atoms with Crippen LogP contribution in [0.3, 0.4) is 0 Å². The topological polar surface area (TPSA) is 29.5 Å². The molecule has 0 bridgehead atoms. The smallest absolute Gasteiger partial charge is 0.150 e. The molecular formula is C20H24O2. The van der Waals surface area contributed by atoms with Crippen LogP contribution in [0.25, 0.3) is 0 Å². The fourth-order valence-corrected chi connectivity index (χ4v) is 3.47. The highest BCUT2D eigenvalue weighted by atomic mass is 16.5. The molecule has 0 spiro atoms. The van der Waals surface area contributed by atoms with E-state index in [1.165, 1.54) is 22.3 Å². The van der Waals surface area contributed by atoms with Crippen molar-refractivity contribution in [2.45, 2.75) is 52.7 Å². The van der Waals surface area contributed by atoms with Crippen molar-refractivity contribution in [1.82, 2.24) is 0 Å². The van der Waals surface area contributed by atoms with E-state index in [4.69, 9.17) is 4.74 Å². The van der Waals surface area contributed by atoms with Gasteiger partial charge in [-0.3, -0.25) is 0 Å². The summed E-state index contributed by atoms with van der Waals surface area (Å²) in [5.74, 6) is 0.981. The summed E-state index contributed by atoms with van der Waals surface area (Å²) < 4.78 is 6.21. The molecule has 116 valence electrons. The first kappa shape index (κ1) is 15.1. The molecule has 2 heteroatoms. The van der Waals surface area contributed by atoms with Gasteiger partial charge in [0.25, 0.3) is 0 Å². The Morgan fingerprint density at radius 1 is 0.909 bits per heavy atom. The van der Waals surface area contributed by atoms with E-state index in [2.05, 4.69) is 65.0 Å². The van der Waals surface area contributed by atoms with E-state index in [-0.39, 0.29) is 12.0 Å². The van der Waals surface area contributed by atoms with Crippen LogP contribution in [0.4, 0.5) is 0 Å². The Balaban J connectivity index is 2.06. The summed E-state index contributed by atoms with van der Waals surface area (Å²) in [5.41, 5.74) is 7.06. The van der Waals surface area contributed by atoms with E-state index in [0.29, 0.717) is 0 Å². The lowest BCUT2D eigenvalue weighted by molar-refractivity contribution is 0.00349. The first-order valence-corrected chi connectivity index (χ1v) is 7.91. The van der Waals surface area contributed by atoms with Gasteiger partial charge in [-0.2, -0.15) is 0 Å². The predicted molar refractivity (Wildman–Crippen MR) is 89.6 cm³/mol. The molecule has 1 N–H and O–H groups in total. The molecule has 22 heavy (non-hydrogen) atoms. The van der Waals surface area contributed by atoms with E-state index in [0.717, 1.165) is 16.9 Å². The van der Waals surface area contributed by atoms with Gasteiger partial charge >= 0.3 is 0 Å². The average molecular weight is 296 g/mol. The number of hydrogen-bond acceptors (Lipinski definition) is 2. The molecule has 2 aromatic carbocycles. The van der Waals surface area contributed by atoms with Gasteiger partial charge in [-0.25, -0.2) is 0 Å². The van der Waals surface area contributed by atoms with E-state index in [9.17, 15) is 5.11 Å². The van der Waals surface area contributed by atoms with E-state index in [1.807, 2.05) is 0 Å². The summed E-state index contributed by atoms with van der Waals surface area (Å²) in [5, 5.41) is 10.8. The molecule has 0 saturated carbocycles. The molecule has 0 fully saturated rings. The Hall–Kier alpha value is -1.80. The highest BCUT2D eigenvalue weighted by Crippen LogP contribution is 2.44. The number of ether oxygens (including phenoxy) is 1. The van der Waals surface area contributed by atoms with Gasteiger partial charge in [-0.15, -0.1) is 0 Å². The normalized spacial score (nSPS) is 23.8. The van der Waals surface area contributed by atoms with Crippen molar-refractivity contribution < 1.29 is 9.84 Å². The molecule has 2 aromatic rings. The zero-order valence-electron chi connectivity index (χ0n) is 14.0. The maximum absolute atomic E-state index is 10.8. The fraction of sp³-hybridized carbons (Fsp3) is 0.400. The minimum Gasteiger partial charge on any atom is -0.483 e. The minimum absolute atomic E-state index is 0.0657. The van der Waals surface area contributed by atoms with Crippen LogP contribution >= 0.6 is 0 Å². The van der Waals surface area contributed by atoms with E-state index in [1.54, 1.807) is 0 Å². The molecule has 0 radical (unpaired) electrons. The van der Waals surface area contributed by atoms with Gasteiger partial charge < -0.3 is 9.84 Å². The zero-order valence-corrected chi connectivity index (χ0v) is 14.0. The van der Waals surface area contributed by atoms with Crippen LogP contribution in [0.15, 0.2) is 30.3 Å². The first-order chi connectivity index (χ1) is 10.4. The highest BCUT2D eigenvalue weighted by molar-refractivity contribution is 5.48. The molecule has 3 rings (SSSR count). The molecular weight excluding hydrogens is 272 g/mol. The maximum Gasteiger partial charge on any atom is 0.150 e. The summed E-state index contributed by atoms with van der Waals surface area (Å²) in [6.45, 7) is 10.5. The zero-order chi connectivity index (χ0) is 16.0. The third kappa shape index (κ3) is 2.42. The van der Waals surface area contributed by atoms with Crippen LogP contribution in [0.1, 0.15) is 52.3 Å². The molecule has 2 nitrogen and oxygen atoms in total. The van der Waals surface area contributed by atoms with E-state index >= 15 is 0 Å². The van der Waals surface area contributed by atoms with Gasteiger partial charge in [-0.1, -0.05) is 31.2 Å². The average Bonchev–Trinajstić information content (AvgIpc) is 2.45. The third-order valence-corrected chi connectivity index (χ3v) is 4.88. The second-order valence-electron chi connectivity index (χ2n) is 6.66. The van der Waals surface area contributed by atoms with Crippen LogP contribution in [0, 0.1) is 27.7 Å². The van der Waals surface area contributed by atoms with Crippen molar-refractivity contribution >= 4 is 0 Å². The fourth-order valence-electron chi connectivity index (χ4n) is 3.47. The lowest BCUT2D eigenvalue weighted by Crippen LogP contribution is -2.33. The van der Waals surface area contributed by atoms with Crippen molar-refractivity contribution in [3.63, 3.8) is 0 Å². The molecule has 1 aliphatic rings. The van der Waals surface area contributed by atoms with E-state index < -0.39 is 6.10 Å². The largest absolute Gasteiger partial charge is 0.483 e. The second-order valence-corrected chi connectivity index (χ2v) is 6.66. The lowest BCUT2D eigenvalue weighted by Gasteiger charge is -2.36. The number of fused-ring (bicyclic) bond motifs is 1. The van der Waals surface area contributed by atoms with Crippen molar-refractivity contribution in [2.24, 2.45) is 0 Å². The van der Waals surface area contributed by atoms with Crippen molar-refractivity contribution in [1.29, 1.82) is 0 Å². The van der Waals surface area contributed by atoms with Crippen LogP contribution in [0.5, 0.6) is 5.75 Å². The molecule has 3 atom stereocenters. The SMILES string of the molecule is Cc1cc(C)c2c(c1)O[C@H](c1ccc(C)c(C)c1)[C@H](O)C2C. The second kappa shape index (κ2) is 5.44. The summed E-state index contributed by atoms with van der Waals surface area (Å²) in [6, 6.07) is 10.5. The highest BCUT2D eigenvalue weighted by Gasteiger charge is 2.36. The van der Waals surface area contributed by atoms with Crippen molar-refractivity contribution in [2.75, 3.05) is 0 Å². The van der Waals surface area contributed by atoms with Gasteiger partial charge in [0.05, 0.1) is 0 Å². The summed E-state index contributed by atoms with van der Waals surface area (Å²) >= 11 is 0. The number of aliphatic hydroxyl groups excluding tert-OH is 1. The number of aliphatic hydroxyl groups is 1. The molecule has 1 unspecified atom stereocenters. The van der Waals surface area contributed by atoms with Gasteiger partial charge in [0.1, 0.15) is 11.9 Å². The number of aryl methyl sites for hydroxylation is 4. The third-order valence-electron chi connectivity index (χ3n) is 4.88. The van der Waals surface area contributed by atoms with Crippen LogP contribution in [0.2, 0.25) is 0 Å². The molecule has 0 saturated heterocycles. The number of hydrogen-bond donors (Lipinski definition) is 1. The Morgan fingerprint density at radius 2 is 1.64 bits per heavy atom. The molecule has 0 amide bonds. The summed E-state index contributed by atoms with van der Waals surface area (Å²) in [7, 11) is 0. The van der Waals surface area contributed by atoms with Crippen LogP contribution in [-0.4, -0.2) is 11.2 Å². The minimum atomic E-state index is -0.531. The summed E-state index contributed by atoms with van der Waals surface area (Å²) in [4.78, 5) is 0. The monoisotopic (exact) mass is 296 g/mol. The number of rotatable bonds is 1.